The van der Waals surface area contributed by atoms with E-state index in [4.69, 9.17) is 5.10 Å². The number of aromatic nitrogens is 2. The summed E-state index contributed by atoms with van der Waals surface area (Å²) in [5.74, 6) is 1.73. The van der Waals surface area contributed by atoms with Crippen LogP contribution in [0, 0.1) is 24.6 Å². The number of likely N-dealkylation sites (N-methyl/N-ethyl adjacent to an activating group) is 1. The maximum Gasteiger partial charge on any atom is 0.223 e. The SMILES string of the molecule is Cc1nn(-c2cccc(F)c2)c(N2CCN(C)CC2)c1CN(CCC(C)C)C(=O)CC(C)C. The van der Waals surface area contributed by atoms with Crippen LogP contribution < -0.4 is 4.90 Å². The summed E-state index contributed by atoms with van der Waals surface area (Å²) in [6, 6.07) is 6.58. The minimum Gasteiger partial charge on any atom is -0.354 e. The summed E-state index contributed by atoms with van der Waals surface area (Å²) in [6.45, 7) is 15.5. The predicted molar refractivity (Wildman–Crippen MR) is 132 cm³/mol. The van der Waals surface area contributed by atoms with Gasteiger partial charge in [-0.3, -0.25) is 4.79 Å². The molecule has 1 aliphatic heterocycles. The van der Waals surface area contributed by atoms with E-state index in [1.54, 1.807) is 6.07 Å². The van der Waals surface area contributed by atoms with Crippen LogP contribution in [0.1, 0.15) is 51.8 Å². The zero-order chi connectivity index (χ0) is 24.1. The second kappa shape index (κ2) is 11.1. The lowest BCUT2D eigenvalue weighted by molar-refractivity contribution is -0.132. The lowest BCUT2D eigenvalue weighted by atomic mass is 10.1. The Labute approximate surface area is 198 Å². The van der Waals surface area contributed by atoms with Crippen molar-refractivity contribution in [3.05, 3.63) is 41.3 Å². The molecule has 1 amide bonds. The van der Waals surface area contributed by atoms with Gasteiger partial charge in [0.25, 0.3) is 0 Å². The number of benzene rings is 1. The third kappa shape index (κ3) is 6.56. The van der Waals surface area contributed by atoms with Crippen molar-refractivity contribution in [1.29, 1.82) is 0 Å². The van der Waals surface area contributed by atoms with Crippen molar-refractivity contribution in [2.75, 3.05) is 44.7 Å². The molecule has 0 saturated carbocycles. The number of anilines is 1. The van der Waals surface area contributed by atoms with Crippen LogP contribution in [0.15, 0.2) is 24.3 Å². The maximum absolute atomic E-state index is 14.1. The molecule has 0 radical (unpaired) electrons. The number of halogens is 1. The molecule has 7 heteroatoms. The Morgan fingerprint density at radius 1 is 1.12 bits per heavy atom. The number of amides is 1. The lowest BCUT2D eigenvalue weighted by Crippen LogP contribution is -2.45. The molecule has 0 bridgehead atoms. The van der Waals surface area contributed by atoms with Gasteiger partial charge in [0.1, 0.15) is 11.6 Å². The van der Waals surface area contributed by atoms with E-state index in [1.165, 1.54) is 12.1 Å². The summed E-state index contributed by atoms with van der Waals surface area (Å²) in [7, 11) is 2.13. The van der Waals surface area contributed by atoms with Crippen molar-refractivity contribution in [3.63, 3.8) is 0 Å². The molecule has 0 N–H and O–H groups in total. The summed E-state index contributed by atoms with van der Waals surface area (Å²) in [4.78, 5) is 19.8. The molecule has 1 saturated heterocycles. The number of hydrogen-bond donors (Lipinski definition) is 0. The van der Waals surface area contributed by atoms with Crippen molar-refractivity contribution < 1.29 is 9.18 Å². The molecular weight excluding hydrogens is 417 g/mol. The molecular formula is C26H40FN5O. The largest absolute Gasteiger partial charge is 0.354 e. The van der Waals surface area contributed by atoms with Gasteiger partial charge in [-0.25, -0.2) is 9.07 Å². The highest BCUT2D eigenvalue weighted by molar-refractivity contribution is 5.76. The highest BCUT2D eigenvalue weighted by Gasteiger charge is 2.27. The van der Waals surface area contributed by atoms with E-state index in [2.05, 4.69) is 44.5 Å². The fourth-order valence-corrected chi connectivity index (χ4v) is 4.24. The van der Waals surface area contributed by atoms with Crippen LogP contribution in [0.3, 0.4) is 0 Å². The zero-order valence-corrected chi connectivity index (χ0v) is 21.1. The molecule has 0 atom stereocenters. The van der Waals surface area contributed by atoms with Crippen molar-refractivity contribution in [1.82, 2.24) is 19.6 Å². The topological polar surface area (TPSA) is 44.6 Å². The Kier molecular flexibility index (Phi) is 8.51. The Morgan fingerprint density at radius 2 is 1.82 bits per heavy atom. The third-order valence-corrected chi connectivity index (χ3v) is 6.27. The quantitative estimate of drug-likeness (QED) is 0.556. The van der Waals surface area contributed by atoms with E-state index in [0.29, 0.717) is 30.5 Å². The number of carbonyl (C=O) groups excluding carboxylic acids is 1. The van der Waals surface area contributed by atoms with Crippen LogP contribution in [-0.4, -0.2) is 65.3 Å². The minimum atomic E-state index is -0.280. The predicted octanol–water partition coefficient (Wildman–Crippen LogP) is 4.49. The maximum atomic E-state index is 14.1. The molecule has 2 aromatic rings. The molecule has 0 aliphatic carbocycles. The monoisotopic (exact) mass is 457 g/mol. The van der Waals surface area contributed by atoms with Gasteiger partial charge in [0.05, 0.1) is 17.9 Å². The molecule has 6 nitrogen and oxygen atoms in total. The molecule has 2 heterocycles. The standard InChI is InChI=1S/C26H40FN5O/c1-19(2)10-11-31(25(33)16-20(3)4)18-24-21(5)28-32(23-9-7-8-22(27)17-23)26(24)30-14-12-29(6)13-15-30/h7-9,17,19-20H,10-16,18H2,1-6H3. The van der Waals surface area contributed by atoms with E-state index in [1.807, 2.05) is 22.6 Å². The van der Waals surface area contributed by atoms with Crippen molar-refractivity contribution >= 4 is 11.7 Å². The third-order valence-electron chi connectivity index (χ3n) is 6.27. The van der Waals surface area contributed by atoms with E-state index >= 15 is 0 Å². The molecule has 1 aromatic carbocycles. The average Bonchev–Trinajstić information content (AvgIpc) is 3.07. The number of aryl methyl sites for hydroxylation is 1. The molecule has 33 heavy (non-hydrogen) atoms. The number of piperazine rings is 1. The normalized spacial score (nSPS) is 15.0. The van der Waals surface area contributed by atoms with Gasteiger partial charge in [-0.2, -0.15) is 5.10 Å². The van der Waals surface area contributed by atoms with Crippen molar-refractivity contribution in [2.24, 2.45) is 11.8 Å². The second-order valence-electron chi connectivity index (χ2n) is 10.2. The molecule has 0 unspecified atom stereocenters. The Hall–Kier alpha value is -2.41. The van der Waals surface area contributed by atoms with Crippen LogP contribution in [0.5, 0.6) is 0 Å². The summed E-state index contributed by atoms with van der Waals surface area (Å²) >= 11 is 0. The molecule has 1 fully saturated rings. The number of rotatable bonds is 9. The smallest absolute Gasteiger partial charge is 0.223 e. The van der Waals surface area contributed by atoms with Gasteiger partial charge in [-0.15, -0.1) is 0 Å². The second-order valence-corrected chi connectivity index (χ2v) is 10.2. The molecule has 3 rings (SSSR count). The highest BCUT2D eigenvalue weighted by atomic mass is 19.1. The van der Waals surface area contributed by atoms with Crippen LogP contribution in [0.25, 0.3) is 5.69 Å². The Morgan fingerprint density at radius 3 is 2.42 bits per heavy atom. The Bertz CT molecular complexity index is 931. The first kappa shape index (κ1) is 25.2. The fourth-order valence-electron chi connectivity index (χ4n) is 4.24. The minimum absolute atomic E-state index is 0.188. The van der Waals surface area contributed by atoms with Crippen LogP contribution >= 0.6 is 0 Å². The van der Waals surface area contributed by atoms with Gasteiger partial charge in [-0.05, 0) is 50.4 Å². The van der Waals surface area contributed by atoms with Crippen molar-refractivity contribution in [3.8, 4) is 5.69 Å². The fraction of sp³-hybridized carbons (Fsp3) is 0.615. The first-order valence-corrected chi connectivity index (χ1v) is 12.2. The van der Waals surface area contributed by atoms with Crippen LogP contribution in [-0.2, 0) is 11.3 Å². The first-order valence-electron chi connectivity index (χ1n) is 12.2. The van der Waals surface area contributed by atoms with Gasteiger partial charge in [0.15, 0.2) is 0 Å². The summed E-state index contributed by atoms with van der Waals surface area (Å²) < 4.78 is 16.0. The average molecular weight is 458 g/mol. The lowest BCUT2D eigenvalue weighted by Gasteiger charge is -2.35. The van der Waals surface area contributed by atoms with E-state index in [9.17, 15) is 9.18 Å². The number of nitrogens with zero attached hydrogens (tertiary/aromatic N) is 5. The zero-order valence-electron chi connectivity index (χ0n) is 21.1. The number of hydrogen-bond acceptors (Lipinski definition) is 4. The van der Waals surface area contributed by atoms with Gasteiger partial charge >= 0.3 is 0 Å². The van der Waals surface area contributed by atoms with Gasteiger partial charge in [0, 0.05) is 44.7 Å². The summed E-state index contributed by atoms with van der Waals surface area (Å²) in [6.07, 6.45) is 1.50. The van der Waals surface area contributed by atoms with Gasteiger partial charge < -0.3 is 14.7 Å². The van der Waals surface area contributed by atoms with Crippen LogP contribution in [0.2, 0.25) is 0 Å². The summed E-state index contributed by atoms with van der Waals surface area (Å²) in [5.41, 5.74) is 2.66. The van der Waals surface area contributed by atoms with Gasteiger partial charge in [0.2, 0.25) is 5.91 Å². The Balaban J connectivity index is 2.02. The van der Waals surface area contributed by atoms with Crippen LogP contribution in [0.4, 0.5) is 10.2 Å². The first-order chi connectivity index (χ1) is 15.7. The number of carbonyl (C=O) groups is 1. The highest BCUT2D eigenvalue weighted by Crippen LogP contribution is 2.30. The molecule has 1 aliphatic rings. The summed E-state index contributed by atoms with van der Waals surface area (Å²) in [5, 5.41) is 4.84. The molecule has 0 spiro atoms. The van der Waals surface area contributed by atoms with E-state index in [-0.39, 0.29) is 11.7 Å². The van der Waals surface area contributed by atoms with Gasteiger partial charge in [-0.1, -0.05) is 33.8 Å². The van der Waals surface area contributed by atoms with Crippen molar-refractivity contribution in [2.45, 2.75) is 54.0 Å². The van der Waals surface area contributed by atoms with E-state index in [0.717, 1.165) is 56.2 Å². The molecule has 1 aromatic heterocycles. The van der Waals surface area contributed by atoms with E-state index < -0.39 is 0 Å². The molecule has 182 valence electrons.